The number of piperazine rings is 1. The zero-order valence-electron chi connectivity index (χ0n) is 12.6. The normalized spacial score (nSPS) is 18.3. The SMILES string of the molecule is Cc1ccccc1C(=O)N1CCNCC1c1cccc(F)c1. The minimum absolute atomic E-state index is 0.00820. The van der Waals surface area contributed by atoms with Crippen molar-refractivity contribution in [3.8, 4) is 0 Å². The number of carbonyl (C=O) groups excluding carboxylic acids is 1. The molecule has 1 atom stereocenters. The summed E-state index contributed by atoms with van der Waals surface area (Å²) in [4.78, 5) is 14.7. The Balaban J connectivity index is 1.93. The lowest BCUT2D eigenvalue weighted by molar-refractivity contribution is 0.0633. The van der Waals surface area contributed by atoms with E-state index < -0.39 is 0 Å². The predicted molar refractivity (Wildman–Crippen MR) is 84.2 cm³/mol. The van der Waals surface area contributed by atoms with E-state index in [1.165, 1.54) is 12.1 Å². The number of hydrogen-bond acceptors (Lipinski definition) is 2. The number of nitrogens with one attached hydrogen (secondary N) is 1. The molecule has 0 radical (unpaired) electrons. The van der Waals surface area contributed by atoms with E-state index in [9.17, 15) is 9.18 Å². The van der Waals surface area contributed by atoms with Gasteiger partial charge in [-0.3, -0.25) is 4.79 Å². The van der Waals surface area contributed by atoms with Crippen LogP contribution < -0.4 is 5.32 Å². The maximum absolute atomic E-state index is 13.5. The molecule has 1 fully saturated rings. The predicted octanol–water partition coefficient (Wildman–Crippen LogP) is 2.92. The van der Waals surface area contributed by atoms with Crippen LogP contribution in [0.15, 0.2) is 48.5 Å². The number of amides is 1. The van der Waals surface area contributed by atoms with Gasteiger partial charge in [0, 0.05) is 25.2 Å². The Morgan fingerprint density at radius 3 is 2.82 bits per heavy atom. The highest BCUT2D eigenvalue weighted by Crippen LogP contribution is 2.25. The molecule has 0 saturated carbocycles. The third-order valence-corrected chi connectivity index (χ3v) is 4.11. The molecule has 1 N–H and O–H groups in total. The Hall–Kier alpha value is -2.20. The number of rotatable bonds is 2. The molecule has 3 nitrogen and oxygen atoms in total. The van der Waals surface area contributed by atoms with E-state index in [2.05, 4.69) is 5.32 Å². The fourth-order valence-electron chi connectivity index (χ4n) is 2.93. The van der Waals surface area contributed by atoms with Crippen molar-refractivity contribution in [1.82, 2.24) is 10.2 Å². The van der Waals surface area contributed by atoms with Crippen LogP contribution in [-0.2, 0) is 0 Å². The summed E-state index contributed by atoms with van der Waals surface area (Å²) in [5.41, 5.74) is 2.50. The molecule has 1 heterocycles. The topological polar surface area (TPSA) is 32.3 Å². The molecule has 3 rings (SSSR count). The average Bonchev–Trinajstić information content (AvgIpc) is 2.55. The molecule has 1 unspecified atom stereocenters. The van der Waals surface area contributed by atoms with Crippen molar-refractivity contribution in [2.75, 3.05) is 19.6 Å². The highest BCUT2D eigenvalue weighted by molar-refractivity contribution is 5.96. The first-order valence-electron chi connectivity index (χ1n) is 7.49. The van der Waals surface area contributed by atoms with Gasteiger partial charge in [-0.05, 0) is 36.2 Å². The van der Waals surface area contributed by atoms with Crippen molar-refractivity contribution in [2.45, 2.75) is 13.0 Å². The molecule has 114 valence electrons. The molecule has 1 saturated heterocycles. The van der Waals surface area contributed by atoms with Gasteiger partial charge in [-0.2, -0.15) is 0 Å². The molecule has 0 spiro atoms. The minimum atomic E-state index is -0.272. The van der Waals surface area contributed by atoms with Gasteiger partial charge in [0.15, 0.2) is 0 Å². The van der Waals surface area contributed by atoms with Gasteiger partial charge in [-0.15, -0.1) is 0 Å². The third-order valence-electron chi connectivity index (χ3n) is 4.11. The molecule has 2 aromatic carbocycles. The van der Waals surface area contributed by atoms with Crippen molar-refractivity contribution in [3.05, 3.63) is 71.0 Å². The van der Waals surface area contributed by atoms with Crippen molar-refractivity contribution in [3.63, 3.8) is 0 Å². The number of benzene rings is 2. The van der Waals surface area contributed by atoms with E-state index in [1.54, 1.807) is 6.07 Å². The van der Waals surface area contributed by atoms with E-state index in [0.29, 0.717) is 18.7 Å². The molecule has 1 aliphatic heterocycles. The second-order valence-electron chi connectivity index (χ2n) is 5.59. The van der Waals surface area contributed by atoms with Gasteiger partial charge in [-0.1, -0.05) is 30.3 Å². The molecule has 0 aliphatic carbocycles. The average molecular weight is 298 g/mol. The van der Waals surface area contributed by atoms with Crippen LogP contribution in [0.2, 0.25) is 0 Å². The molecule has 4 heteroatoms. The number of hydrogen-bond donors (Lipinski definition) is 1. The number of nitrogens with zero attached hydrogens (tertiary/aromatic N) is 1. The maximum Gasteiger partial charge on any atom is 0.254 e. The van der Waals surface area contributed by atoms with Crippen LogP contribution in [0.4, 0.5) is 4.39 Å². The van der Waals surface area contributed by atoms with Crippen LogP contribution in [0.3, 0.4) is 0 Å². The second kappa shape index (κ2) is 6.28. The Labute approximate surface area is 129 Å². The van der Waals surface area contributed by atoms with Crippen LogP contribution in [0, 0.1) is 12.7 Å². The van der Waals surface area contributed by atoms with Crippen molar-refractivity contribution in [1.29, 1.82) is 0 Å². The largest absolute Gasteiger partial charge is 0.329 e. The fraction of sp³-hybridized carbons (Fsp3) is 0.278. The van der Waals surface area contributed by atoms with Gasteiger partial charge < -0.3 is 10.2 Å². The van der Waals surface area contributed by atoms with Crippen LogP contribution in [-0.4, -0.2) is 30.4 Å². The van der Waals surface area contributed by atoms with E-state index >= 15 is 0 Å². The van der Waals surface area contributed by atoms with Gasteiger partial charge in [0.25, 0.3) is 5.91 Å². The minimum Gasteiger partial charge on any atom is -0.329 e. The summed E-state index contributed by atoms with van der Waals surface area (Å²) in [5, 5.41) is 3.29. The highest BCUT2D eigenvalue weighted by Gasteiger charge is 2.29. The van der Waals surface area contributed by atoms with Gasteiger partial charge in [0.1, 0.15) is 5.82 Å². The van der Waals surface area contributed by atoms with Crippen LogP contribution in [0.25, 0.3) is 0 Å². The van der Waals surface area contributed by atoms with Crippen LogP contribution >= 0.6 is 0 Å². The summed E-state index contributed by atoms with van der Waals surface area (Å²) in [6, 6.07) is 13.9. The first kappa shape index (κ1) is 14.7. The van der Waals surface area contributed by atoms with E-state index in [-0.39, 0.29) is 17.8 Å². The monoisotopic (exact) mass is 298 g/mol. The van der Waals surface area contributed by atoms with Gasteiger partial charge in [0.05, 0.1) is 6.04 Å². The Kier molecular flexibility index (Phi) is 4.20. The summed E-state index contributed by atoms with van der Waals surface area (Å²) in [6.07, 6.45) is 0. The smallest absolute Gasteiger partial charge is 0.254 e. The zero-order chi connectivity index (χ0) is 15.5. The molecule has 22 heavy (non-hydrogen) atoms. The summed E-state index contributed by atoms with van der Waals surface area (Å²) in [6.45, 7) is 3.95. The maximum atomic E-state index is 13.5. The fourth-order valence-corrected chi connectivity index (χ4v) is 2.93. The van der Waals surface area contributed by atoms with Crippen molar-refractivity contribution < 1.29 is 9.18 Å². The number of halogens is 1. The first-order valence-corrected chi connectivity index (χ1v) is 7.49. The summed E-state index contributed by atoms with van der Waals surface area (Å²) < 4.78 is 13.5. The summed E-state index contributed by atoms with van der Waals surface area (Å²) in [5.74, 6) is -0.264. The Morgan fingerprint density at radius 2 is 2.05 bits per heavy atom. The van der Waals surface area contributed by atoms with Crippen LogP contribution in [0.1, 0.15) is 27.5 Å². The quantitative estimate of drug-likeness (QED) is 0.924. The zero-order valence-corrected chi connectivity index (χ0v) is 12.6. The van der Waals surface area contributed by atoms with E-state index in [4.69, 9.17) is 0 Å². The standard InChI is InChI=1S/C18H19FN2O/c1-13-5-2-3-8-16(13)18(22)21-10-9-20-12-17(21)14-6-4-7-15(19)11-14/h2-8,11,17,20H,9-10,12H2,1H3. The van der Waals surface area contributed by atoms with Crippen molar-refractivity contribution in [2.24, 2.45) is 0 Å². The van der Waals surface area contributed by atoms with Gasteiger partial charge >= 0.3 is 0 Å². The van der Waals surface area contributed by atoms with Crippen LogP contribution in [0.5, 0.6) is 0 Å². The first-order chi connectivity index (χ1) is 10.7. The lowest BCUT2D eigenvalue weighted by Gasteiger charge is -2.37. The second-order valence-corrected chi connectivity index (χ2v) is 5.59. The summed E-state index contributed by atoms with van der Waals surface area (Å²) in [7, 11) is 0. The Bertz CT molecular complexity index is 686. The van der Waals surface area contributed by atoms with E-state index in [0.717, 1.165) is 17.7 Å². The molecular formula is C18H19FN2O. The highest BCUT2D eigenvalue weighted by atomic mass is 19.1. The van der Waals surface area contributed by atoms with Gasteiger partial charge in [-0.25, -0.2) is 4.39 Å². The third kappa shape index (κ3) is 2.88. The van der Waals surface area contributed by atoms with Crippen molar-refractivity contribution >= 4 is 5.91 Å². The number of aryl methyl sites for hydroxylation is 1. The summed E-state index contributed by atoms with van der Waals surface area (Å²) >= 11 is 0. The number of carbonyl (C=O) groups is 1. The Morgan fingerprint density at radius 1 is 1.23 bits per heavy atom. The molecule has 1 amide bonds. The molecule has 0 bridgehead atoms. The van der Waals surface area contributed by atoms with E-state index in [1.807, 2.05) is 42.2 Å². The molecule has 0 aromatic heterocycles. The lowest BCUT2D eigenvalue weighted by atomic mass is 10.0. The van der Waals surface area contributed by atoms with Gasteiger partial charge in [0.2, 0.25) is 0 Å². The molecular weight excluding hydrogens is 279 g/mol. The lowest BCUT2D eigenvalue weighted by Crippen LogP contribution is -2.48. The molecule has 2 aromatic rings. The molecule has 1 aliphatic rings.